The molecule has 0 unspecified atom stereocenters. The van der Waals surface area contributed by atoms with E-state index in [0.29, 0.717) is 6.54 Å². The molecule has 0 heterocycles. The summed E-state index contributed by atoms with van der Waals surface area (Å²) in [6.45, 7) is 4.62. The minimum Gasteiger partial charge on any atom is -0.392 e. The van der Waals surface area contributed by atoms with Crippen molar-refractivity contribution < 1.29 is 9.90 Å². The Kier molecular flexibility index (Phi) is 7.36. The lowest BCUT2D eigenvalue weighted by atomic mass is 10.2. The molecule has 2 amide bonds. The summed E-state index contributed by atoms with van der Waals surface area (Å²) in [5.41, 5.74) is 2.57. The fraction of sp³-hybridized carbons (Fsp3) is 0.500. The van der Waals surface area contributed by atoms with E-state index in [1.807, 2.05) is 0 Å². The Morgan fingerprint density at radius 1 is 1.32 bits per heavy atom. The van der Waals surface area contributed by atoms with Crippen LogP contribution in [0.1, 0.15) is 18.1 Å². The number of aryl methyl sites for hydroxylation is 1. The first-order chi connectivity index (χ1) is 9.08. The van der Waals surface area contributed by atoms with Crippen LogP contribution in [0.25, 0.3) is 0 Å². The second-order valence-electron chi connectivity index (χ2n) is 4.52. The summed E-state index contributed by atoms with van der Waals surface area (Å²) in [6, 6.07) is 8.25. The molecule has 0 saturated heterocycles. The van der Waals surface area contributed by atoms with Gasteiger partial charge in [-0.05, 0) is 19.4 Å². The Hall–Kier alpha value is -1.20. The summed E-state index contributed by atoms with van der Waals surface area (Å²) >= 11 is 1.79. The van der Waals surface area contributed by atoms with Gasteiger partial charge in [-0.3, -0.25) is 0 Å². The average molecular weight is 282 g/mol. The second kappa shape index (κ2) is 8.82. The number of carbonyl (C=O) groups is 1. The summed E-state index contributed by atoms with van der Waals surface area (Å²) in [5.74, 6) is 1.83. The van der Waals surface area contributed by atoms with Crippen LogP contribution >= 0.6 is 11.8 Å². The molecule has 0 spiro atoms. The van der Waals surface area contributed by atoms with Crippen molar-refractivity contribution in [1.29, 1.82) is 0 Å². The lowest BCUT2D eigenvalue weighted by Gasteiger charge is -2.08. The number of rotatable bonds is 7. The zero-order valence-electron chi connectivity index (χ0n) is 11.5. The topological polar surface area (TPSA) is 61.4 Å². The fourth-order valence-corrected chi connectivity index (χ4v) is 2.23. The molecule has 5 heteroatoms. The lowest BCUT2D eigenvalue weighted by Crippen LogP contribution is -2.39. The van der Waals surface area contributed by atoms with Crippen LogP contribution in [0, 0.1) is 6.92 Å². The molecule has 0 aliphatic heterocycles. The molecular weight excluding hydrogens is 260 g/mol. The highest BCUT2D eigenvalue weighted by Crippen LogP contribution is 2.12. The van der Waals surface area contributed by atoms with Gasteiger partial charge >= 0.3 is 6.03 Å². The molecule has 4 nitrogen and oxygen atoms in total. The molecule has 0 radical (unpaired) electrons. The number of benzene rings is 1. The van der Waals surface area contributed by atoms with Gasteiger partial charge in [0.15, 0.2) is 0 Å². The number of carbonyl (C=O) groups excluding carboxylic acids is 1. The third-order valence-electron chi connectivity index (χ3n) is 2.48. The van der Waals surface area contributed by atoms with Crippen LogP contribution in [0.2, 0.25) is 0 Å². The molecule has 0 fully saturated rings. The molecule has 106 valence electrons. The largest absolute Gasteiger partial charge is 0.392 e. The number of aliphatic hydroxyl groups excluding tert-OH is 1. The molecule has 0 aliphatic rings. The van der Waals surface area contributed by atoms with E-state index in [2.05, 4.69) is 41.8 Å². The first-order valence-electron chi connectivity index (χ1n) is 6.41. The molecule has 19 heavy (non-hydrogen) atoms. The molecule has 1 atom stereocenters. The zero-order chi connectivity index (χ0) is 14.1. The van der Waals surface area contributed by atoms with Crippen molar-refractivity contribution in [3.8, 4) is 0 Å². The van der Waals surface area contributed by atoms with Crippen molar-refractivity contribution in [2.75, 3.05) is 18.8 Å². The third kappa shape index (κ3) is 7.74. The first-order valence-corrected chi connectivity index (χ1v) is 7.56. The van der Waals surface area contributed by atoms with Gasteiger partial charge in [-0.15, -0.1) is 0 Å². The standard InChI is InChI=1S/C14H22N2O2S/c1-11-3-5-13(6-4-11)10-19-8-7-15-14(18)16-9-12(2)17/h3-6,12,17H,7-10H2,1-2H3,(H2,15,16,18)/t12-/m1/s1. The molecule has 1 aromatic rings. The number of urea groups is 1. The van der Waals surface area contributed by atoms with Crippen molar-refractivity contribution >= 4 is 17.8 Å². The molecule has 0 aliphatic carbocycles. The van der Waals surface area contributed by atoms with E-state index in [4.69, 9.17) is 5.11 Å². The highest BCUT2D eigenvalue weighted by atomic mass is 32.2. The molecule has 0 aromatic heterocycles. The number of hydrogen-bond donors (Lipinski definition) is 3. The summed E-state index contributed by atoms with van der Waals surface area (Å²) in [7, 11) is 0. The van der Waals surface area contributed by atoms with E-state index in [9.17, 15) is 4.79 Å². The van der Waals surface area contributed by atoms with Crippen LogP contribution in [0.4, 0.5) is 4.79 Å². The van der Waals surface area contributed by atoms with Crippen molar-refractivity contribution in [2.45, 2.75) is 25.7 Å². The number of nitrogens with one attached hydrogen (secondary N) is 2. The number of hydrogen-bond acceptors (Lipinski definition) is 3. The van der Waals surface area contributed by atoms with Crippen molar-refractivity contribution in [3.05, 3.63) is 35.4 Å². The van der Waals surface area contributed by atoms with Crippen LogP contribution in [-0.2, 0) is 5.75 Å². The van der Waals surface area contributed by atoms with E-state index in [1.165, 1.54) is 11.1 Å². The first kappa shape index (κ1) is 15.9. The van der Waals surface area contributed by atoms with E-state index < -0.39 is 6.10 Å². The van der Waals surface area contributed by atoms with Crippen LogP contribution in [0.5, 0.6) is 0 Å². The Morgan fingerprint density at radius 3 is 2.63 bits per heavy atom. The fourth-order valence-electron chi connectivity index (χ4n) is 1.41. The molecule has 0 saturated carbocycles. The monoisotopic (exact) mass is 282 g/mol. The van der Waals surface area contributed by atoms with Gasteiger partial charge in [0.1, 0.15) is 0 Å². The van der Waals surface area contributed by atoms with Crippen LogP contribution in [0.3, 0.4) is 0 Å². The molecule has 1 rings (SSSR count). The van der Waals surface area contributed by atoms with Crippen LogP contribution in [-0.4, -0.2) is 36.1 Å². The predicted octanol–water partition coefficient (Wildman–Crippen LogP) is 1.91. The summed E-state index contributed by atoms with van der Waals surface area (Å²) in [4.78, 5) is 11.3. The number of amides is 2. The van der Waals surface area contributed by atoms with Crippen LogP contribution < -0.4 is 10.6 Å². The Bertz CT molecular complexity index is 380. The predicted molar refractivity (Wildman–Crippen MR) is 80.4 cm³/mol. The minimum atomic E-state index is -0.512. The number of aliphatic hydroxyl groups is 1. The van der Waals surface area contributed by atoms with Gasteiger partial charge in [0.05, 0.1) is 6.10 Å². The van der Waals surface area contributed by atoms with Crippen molar-refractivity contribution in [1.82, 2.24) is 10.6 Å². The Morgan fingerprint density at radius 2 is 2.00 bits per heavy atom. The smallest absolute Gasteiger partial charge is 0.314 e. The Labute approximate surface area is 119 Å². The second-order valence-corrected chi connectivity index (χ2v) is 5.63. The molecule has 3 N–H and O–H groups in total. The van der Waals surface area contributed by atoms with E-state index in [1.54, 1.807) is 18.7 Å². The van der Waals surface area contributed by atoms with Crippen molar-refractivity contribution in [3.63, 3.8) is 0 Å². The normalized spacial score (nSPS) is 11.9. The summed E-state index contributed by atoms with van der Waals surface area (Å²) in [6.07, 6.45) is -0.512. The van der Waals surface area contributed by atoms with Gasteiger partial charge in [0.25, 0.3) is 0 Å². The van der Waals surface area contributed by atoms with E-state index >= 15 is 0 Å². The van der Waals surface area contributed by atoms with Gasteiger partial charge in [-0.2, -0.15) is 11.8 Å². The quantitative estimate of drug-likeness (QED) is 0.670. The van der Waals surface area contributed by atoms with Gasteiger partial charge in [-0.25, -0.2) is 4.79 Å². The average Bonchev–Trinajstić information content (AvgIpc) is 2.38. The van der Waals surface area contributed by atoms with Crippen LogP contribution in [0.15, 0.2) is 24.3 Å². The molecular formula is C14H22N2O2S. The maximum atomic E-state index is 11.3. The maximum absolute atomic E-state index is 11.3. The van der Waals surface area contributed by atoms with Gasteiger partial charge in [-0.1, -0.05) is 29.8 Å². The highest BCUT2D eigenvalue weighted by molar-refractivity contribution is 7.98. The van der Waals surface area contributed by atoms with Gasteiger partial charge in [0, 0.05) is 24.6 Å². The zero-order valence-corrected chi connectivity index (χ0v) is 12.3. The minimum absolute atomic E-state index is 0.225. The summed E-state index contributed by atoms with van der Waals surface area (Å²) < 4.78 is 0. The van der Waals surface area contributed by atoms with Gasteiger partial charge < -0.3 is 15.7 Å². The van der Waals surface area contributed by atoms with Crippen molar-refractivity contribution in [2.24, 2.45) is 0 Å². The SMILES string of the molecule is Cc1ccc(CSCCNC(=O)NC[C@@H](C)O)cc1. The molecule has 1 aromatic carbocycles. The Balaban J connectivity index is 2.05. The molecule has 0 bridgehead atoms. The number of thioether (sulfide) groups is 1. The van der Waals surface area contributed by atoms with E-state index in [-0.39, 0.29) is 12.6 Å². The van der Waals surface area contributed by atoms with Gasteiger partial charge in [0.2, 0.25) is 0 Å². The summed E-state index contributed by atoms with van der Waals surface area (Å²) in [5, 5.41) is 14.3. The third-order valence-corrected chi connectivity index (χ3v) is 3.51. The highest BCUT2D eigenvalue weighted by Gasteiger charge is 2.01. The van der Waals surface area contributed by atoms with E-state index in [0.717, 1.165) is 11.5 Å². The lowest BCUT2D eigenvalue weighted by molar-refractivity contribution is 0.187. The maximum Gasteiger partial charge on any atom is 0.314 e.